The zero-order chi connectivity index (χ0) is 15.8. The maximum atomic E-state index is 12.8. The van der Waals surface area contributed by atoms with E-state index in [1.54, 1.807) is 4.90 Å². The van der Waals surface area contributed by atoms with Crippen LogP contribution in [0.3, 0.4) is 0 Å². The summed E-state index contributed by atoms with van der Waals surface area (Å²) in [6, 6.07) is 2.03. The molecular formula is C12H13F3N4OS. The minimum absolute atomic E-state index is 0.0427. The molecule has 0 aliphatic carbocycles. The van der Waals surface area contributed by atoms with Gasteiger partial charge in [0.15, 0.2) is 0 Å². The molecule has 114 valence electrons. The van der Waals surface area contributed by atoms with Crippen LogP contribution in [-0.2, 0) is 11.0 Å². The number of primary amides is 1. The molecule has 2 heterocycles. The molecule has 0 saturated carbocycles. The topological polar surface area (TPSA) is 85.2 Å². The van der Waals surface area contributed by atoms with Crippen molar-refractivity contribution in [1.82, 2.24) is 4.98 Å². The van der Waals surface area contributed by atoms with Crippen molar-refractivity contribution in [3.05, 3.63) is 23.4 Å². The number of carbonyl (C=O) groups excluding carboxylic acids is 1. The van der Waals surface area contributed by atoms with Crippen molar-refractivity contribution >= 4 is 28.9 Å². The van der Waals surface area contributed by atoms with E-state index in [0.29, 0.717) is 13.0 Å². The van der Waals surface area contributed by atoms with E-state index in [2.05, 4.69) is 4.98 Å². The molecule has 0 radical (unpaired) electrons. The van der Waals surface area contributed by atoms with Crippen molar-refractivity contribution in [2.45, 2.75) is 12.6 Å². The van der Waals surface area contributed by atoms with Gasteiger partial charge in [0.05, 0.1) is 11.5 Å². The second-order valence-corrected chi connectivity index (χ2v) is 5.20. The van der Waals surface area contributed by atoms with Crippen LogP contribution in [0.5, 0.6) is 0 Å². The molecule has 5 nitrogen and oxygen atoms in total. The molecule has 1 fully saturated rings. The first-order valence-corrected chi connectivity index (χ1v) is 6.53. The van der Waals surface area contributed by atoms with Crippen molar-refractivity contribution in [2.24, 2.45) is 17.4 Å². The Labute approximate surface area is 124 Å². The second kappa shape index (κ2) is 5.47. The third-order valence-electron chi connectivity index (χ3n) is 3.32. The number of pyridine rings is 1. The van der Waals surface area contributed by atoms with E-state index in [1.807, 2.05) is 0 Å². The average molecular weight is 318 g/mol. The number of nitrogens with two attached hydrogens (primary N) is 2. The maximum absolute atomic E-state index is 12.8. The number of carbonyl (C=O) groups is 1. The quantitative estimate of drug-likeness (QED) is 0.814. The lowest BCUT2D eigenvalue weighted by Gasteiger charge is -2.21. The molecule has 2 rings (SSSR count). The van der Waals surface area contributed by atoms with Crippen molar-refractivity contribution in [3.63, 3.8) is 0 Å². The fourth-order valence-corrected chi connectivity index (χ4v) is 2.38. The summed E-state index contributed by atoms with van der Waals surface area (Å²) in [4.78, 5) is 16.3. The highest BCUT2D eigenvalue weighted by Crippen LogP contribution is 2.32. The average Bonchev–Trinajstić information content (AvgIpc) is 2.86. The fourth-order valence-electron chi connectivity index (χ4n) is 2.22. The molecule has 1 amide bonds. The van der Waals surface area contributed by atoms with E-state index in [0.717, 1.165) is 6.07 Å². The summed E-state index contributed by atoms with van der Waals surface area (Å²) in [7, 11) is 0. The highest BCUT2D eigenvalue weighted by molar-refractivity contribution is 7.80. The van der Waals surface area contributed by atoms with Crippen LogP contribution in [0.15, 0.2) is 12.1 Å². The highest BCUT2D eigenvalue weighted by atomic mass is 32.1. The molecule has 1 aliphatic rings. The zero-order valence-electron chi connectivity index (χ0n) is 10.9. The van der Waals surface area contributed by atoms with E-state index >= 15 is 0 Å². The standard InChI is InChI=1S/C12H13F3N4OS/c13-12(14,15)8-2-1-7(10(17)21)11(18-8)19-4-3-6(5-19)9(16)20/h1-2,6H,3-5H2,(H2,16,20)(H2,17,21). The summed E-state index contributed by atoms with van der Waals surface area (Å²) in [5, 5.41) is 0. The summed E-state index contributed by atoms with van der Waals surface area (Å²) in [5.41, 5.74) is 9.97. The van der Waals surface area contributed by atoms with Gasteiger partial charge in [0, 0.05) is 13.1 Å². The summed E-state index contributed by atoms with van der Waals surface area (Å²) in [6.45, 7) is 0.580. The maximum Gasteiger partial charge on any atom is 0.433 e. The van der Waals surface area contributed by atoms with Crippen molar-refractivity contribution in [3.8, 4) is 0 Å². The van der Waals surface area contributed by atoms with Crippen molar-refractivity contribution < 1.29 is 18.0 Å². The van der Waals surface area contributed by atoms with Gasteiger partial charge in [-0.2, -0.15) is 13.2 Å². The summed E-state index contributed by atoms with van der Waals surface area (Å²) in [5.74, 6) is -0.858. The van der Waals surface area contributed by atoms with Crippen LogP contribution in [0.2, 0.25) is 0 Å². The van der Waals surface area contributed by atoms with Crippen LogP contribution in [0.25, 0.3) is 0 Å². The number of nitrogens with zero attached hydrogens (tertiary/aromatic N) is 2. The Balaban J connectivity index is 2.40. The summed E-state index contributed by atoms with van der Waals surface area (Å²) < 4.78 is 38.3. The molecule has 1 atom stereocenters. The Bertz CT molecular complexity index is 590. The fraction of sp³-hybridized carbons (Fsp3) is 0.417. The molecule has 9 heteroatoms. The number of aromatic nitrogens is 1. The smallest absolute Gasteiger partial charge is 0.389 e. The van der Waals surface area contributed by atoms with Crippen LogP contribution < -0.4 is 16.4 Å². The number of alkyl halides is 3. The van der Waals surface area contributed by atoms with Crippen LogP contribution in [-0.4, -0.2) is 29.0 Å². The van der Waals surface area contributed by atoms with E-state index < -0.39 is 23.7 Å². The first kappa shape index (κ1) is 15.5. The van der Waals surface area contributed by atoms with Gasteiger partial charge in [-0.3, -0.25) is 4.79 Å². The number of thiocarbonyl (C=S) groups is 1. The number of hydrogen-bond donors (Lipinski definition) is 2. The second-order valence-electron chi connectivity index (χ2n) is 4.76. The van der Waals surface area contributed by atoms with Crippen molar-refractivity contribution in [2.75, 3.05) is 18.0 Å². The monoisotopic (exact) mass is 318 g/mol. The Morgan fingerprint density at radius 1 is 1.38 bits per heavy atom. The van der Waals surface area contributed by atoms with Crippen molar-refractivity contribution in [1.29, 1.82) is 0 Å². The van der Waals surface area contributed by atoms with Crippen LogP contribution in [0.4, 0.5) is 19.0 Å². The van der Waals surface area contributed by atoms with Gasteiger partial charge in [0.2, 0.25) is 5.91 Å². The van der Waals surface area contributed by atoms with Gasteiger partial charge >= 0.3 is 6.18 Å². The Morgan fingerprint density at radius 3 is 2.52 bits per heavy atom. The van der Waals surface area contributed by atoms with Gasteiger partial charge in [-0.15, -0.1) is 0 Å². The predicted octanol–water partition coefficient (Wildman–Crippen LogP) is 1.05. The first-order chi connectivity index (χ1) is 9.70. The molecule has 1 saturated heterocycles. The minimum atomic E-state index is -4.56. The molecule has 21 heavy (non-hydrogen) atoms. The summed E-state index contributed by atoms with van der Waals surface area (Å²) in [6.07, 6.45) is -4.10. The molecule has 4 N–H and O–H groups in total. The zero-order valence-corrected chi connectivity index (χ0v) is 11.7. The SMILES string of the molecule is NC(=O)C1CCN(c2nc(C(F)(F)F)ccc2C(N)=S)C1. The normalized spacial score (nSPS) is 18.8. The molecule has 0 aromatic carbocycles. The number of anilines is 1. The van der Waals surface area contributed by atoms with E-state index in [-0.39, 0.29) is 22.9 Å². The van der Waals surface area contributed by atoms with Crippen LogP contribution in [0.1, 0.15) is 17.7 Å². The van der Waals surface area contributed by atoms with Gasteiger partial charge in [-0.05, 0) is 18.6 Å². The van der Waals surface area contributed by atoms with E-state index in [1.165, 1.54) is 6.07 Å². The first-order valence-electron chi connectivity index (χ1n) is 6.12. The lowest BCUT2D eigenvalue weighted by atomic mass is 10.1. The number of hydrogen-bond acceptors (Lipinski definition) is 4. The molecule has 0 bridgehead atoms. The number of rotatable bonds is 3. The van der Waals surface area contributed by atoms with E-state index in [9.17, 15) is 18.0 Å². The van der Waals surface area contributed by atoms with E-state index in [4.69, 9.17) is 23.7 Å². The summed E-state index contributed by atoms with van der Waals surface area (Å²) >= 11 is 4.84. The van der Waals surface area contributed by atoms with Crippen LogP contribution in [0, 0.1) is 5.92 Å². The molecular weight excluding hydrogens is 305 g/mol. The number of halogens is 3. The molecule has 1 aromatic heterocycles. The van der Waals surface area contributed by atoms with Gasteiger partial charge in [0.25, 0.3) is 0 Å². The predicted molar refractivity (Wildman–Crippen MR) is 74.6 cm³/mol. The molecule has 1 aliphatic heterocycles. The third kappa shape index (κ3) is 3.23. The Morgan fingerprint density at radius 2 is 2.05 bits per heavy atom. The van der Waals surface area contributed by atoms with Gasteiger partial charge in [-0.1, -0.05) is 12.2 Å². The largest absolute Gasteiger partial charge is 0.433 e. The third-order valence-corrected chi connectivity index (χ3v) is 3.54. The van der Waals surface area contributed by atoms with Crippen LogP contribution >= 0.6 is 12.2 Å². The lowest BCUT2D eigenvalue weighted by molar-refractivity contribution is -0.141. The molecule has 0 spiro atoms. The lowest BCUT2D eigenvalue weighted by Crippen LogP contribution is -2.29. The van der Waals surface area contributed by atoms with Gasteiger partial charge < -0.3 is 16.4 Å². The highest BCUT2D eigenvalue weighted by Gasteiger charge is 2.35. The Hall–Kier alpha value is -1.90. The number of amides is 1. The molecule has 1 unspecified atom stereocenters. The van der Waals surface area contributed by atoms with Gasteiger partial charge in [-0.25, -0.2) is 4.98 Å². The van der Waals surface area contributed by atoms with Gasteiger partial charge in [0.1, 0.15) is 16.5 Å². The Kier molecular flexibility index (Phi) is 4.04. The molecule has 1 aromatic rings. The minimum Gasteiger partial charge on any atom is -0.389 e.